The van der Waals surface area contributed by atoms with E-state index in [1.165, 1.54) is 148 Å². The van der Waals surface area contributed by atoms with Gasteiger partial charge in [0.2, 0.25) is 0 Å². The van der Waals surface area contributed by atoms with Crippen molar-refractivity contribution in [1.29, 1.82) is 0 Å². The fraction of sp³-hybridized carbons (Fsp3) is 0.708. The molecular weight excluding hydrogens is 961 g/mol. The number of esters is 3. The maximum absolute atomic E-state index is 12.9. The Morgan fingerprint density at radius 3 is 0.808 bits per heavy atom. The van der Waals surface area contributed by atoms with Crippen LogP contribution in [0.3, 0.4) is 0 Å². The fourth-order valence-corrected chi connectivity index (χ4v) is 9.17. The Morgan fingerprint density at radius 1 is 0.269 bits per heavy atom. The van der Waals surface area contributed by atoms with Crippen LogP contribution < -0.4 is 0 Å². The highest BCUT2D eigenvalue weighted by atomic mass is 16.6. The van der Waals surface area contributed by atoms with E-state index in [-0.39, 0.29) is 31.1 Å². The largest absolute Gasteiger partial charge is 0.462 e. The molecule has 0 aromatic heterocycles. The molecule has 0 aromatic rings. The highest BCUT2D eigenvalue weighted by molar-refractivity contribution is 5.71. The lowest BCUT2D eigenvalue weighted by molar-refractivity contribution is -0.167. The zero-order chi connectivity index (χ0) is 56.4. The Hall–Kier alpha value is -3.93. The van der Waals surface area contributed by atoms with Gasteiger partial charge in [-0.25, -0.2) is 0 Å². The van der Waals surface area contributed by atoms with Crippen molar-refractivity contribution in [1.82, 2.24) is 0 Å². The minimum Gasteiger partial charge on any atom is -0.462 e. The molecule has 446 valence electrons. The molecule has 0 aliphatic heterocycles. The third-order valence-electron chi connectivity index (χ3n) is 14.0. The number of hydrogen-bond donors (Lipinski definition) is 0. The lowest BCUT2D eigenvalue weighted by atomic mass is 10.0. The molecule has 1 unspecified atom stereocenters. The van der Waals surface area contributed by atoms with Crippen molar-refractivity contribution in [3.8, 4) is 0 Å². The van der Waals surface area contributed by atoms with E-state index in [0.29, 0.717) is 19.3 Å². The quantitative estimate of drug-likeness (QED) is 0.0261. The van der Waals surface area contributed by atoms with Crippen LogP contribution in [0.1, 0.15) is 310 Å². The van der Waals surface area contributed by atoms with Gasteiger partial charge < -0.3 is 14.2 Å². The summed E-state index contributed by atoms with van der Waals surface area (Å²) in [5.41, 5.74) is 0. The summed E-state index contributed by atoms with van der Waals surface area (Å²) in [6.07, 6.45) is 89.6. The van der Waals surface area contributed by atoms with Gasteiger partial charge in [0.25, 0.3) is 0 Å². The van der Waals surface area contributed by atoms with E-state index >= 15 is 0 Å². The molecule has 0 spiro atoms. The number of carbonyl (C=O) groups is 3. The summed E-state index contributed by atoms with van der Waals surface area (Å²) in [6, 6.07) is 0. The SMILES string of the molecule is CC/C=C\C/C=C\C/C=C\C/C=C\C/C=C\CCCCCCCCCC(=O)OCC(COC(=O)CCCC/C=C\C/C=C\C/C=C\C/C=C\CC)OC(=O)CCCCCCCCCCCCCCCCCCCCCCCC. The van der Waals surface area contributed by atoms with Crippen molar-refractivity contribution >= 4 is 17.9 Å². The second-order valence-electron chi connectivity index (χ2n) is 21.6. The van der Waals surface area contributed by atoms with Gasteiger partial charge in [-0.15, -0.1) is 0 Å². The molecule has 0 rings (SSSR count). The highest BCUT2D eigenvalue weighted by Gasteiger charge is 2.19. The Balaban J connectivity index is 4.40. The maximum atomic E-state index is 12.9. The first kappa shape index (κ1) is 74.1. The van der Waals surface area contributed by atoms with Gasteiger partial charge in [0.05, 0.1) is 0 Å². The van der Waals surface area contributed by atoms with Gasteiger partial charge in [-0.3, -0.25) is 14.4 Å². The number of hydrogen-bond acceptors (Lipinski definition) is 6. The van der Waals surface area contributed by atoms with Crippen LogP contribution in [0, 0.1) is 0 Å². The topological polar surface area (TPSA) is 78.9 Å². The van der Waals surface area contributed by atoms with Gasteiger partial charge >= 0.3 is 17.9 Å². The molecule has 6 heteroatoms. The van der Waals surface area contributed by atoms with Crippen LogP contribution >= 0.6 is 0 Å². The summed E-state index contributed by atoms with van der Waals surface area (Å²) >= 11 is 0. The summed E-state index contributed by atoms with van der Waals surface area (Å²) in [6.45, 7) is 6.40. The molecule has 1 atom stereocenters. The summed E-state index contributed by atoms with van der Waals surface area (Å²) < 4.78 is 16.9. The zero-order valence-corrected chi connectivity index (χ0v) is 51.2. The molecule has 0 saturated carbocycles. The zero-order valence-electron chi connectivity index (χ0n) is 51.2. The Labute approximate surface area is 482 Å². The molecule has 78 heavy (non-hydrogen) atoms. The van der Waals surface area contributed by atoms with E-state index in [0.717, 1.165) is 122 Å². The van der Waals surface area contributed by atoms with Crippen molar-refractivity contribution in [2.75, 3.05) is 13.2 Å². The lowest BCUT2D eigenvalue weighted by Gasteiger charge is -2.18. The van der Waals surface area contributed by atoms with Crippen molar-refractivity contribution in [3.05, 3.63) is 109 Å². The van der Waals surface area contributed by atoms with E-state index in [2.05, 4.69) is 130 Å². The van der Waals surface area contributed by atoms with Gasteiger partial charge in [-0.1, -0.05) is 297 Å². The van der Waals surface area contributed by atoms with Crippen LogP contribution in [0.5, 0.6) is 0 Å². The van der Waals surface area contributed by atoms with Crippen LogP contribution in [-0.4, -0.2) is 37.2 Å². The van der Waals surface area contributed by atoms with Crippen LogP contribution in [0.25, 0.3) is 0 Å². The Kier molecular flexibility index (Phi) is 62.3. The van der Waals surface area contributed by atoms with E-state index in [1.54, 1.807) is 0 Å². The second-order valence-corrected chi connectivity index (χ2v) is 21.6. The predicted molar refractivity (Wildman–Crippen MR) is 339 cm³/mol. The molecule has 0 aromatic carbocycles. The number of ether oxygens (including phenoxy) is 3. The van der Waals surface area contributed by atoms with Gasteiger partial charge in [0, 0.05) is 19.3 Å². The van der Waals surface area contributed by atoms with E-state index in [1.807, 2.05) is 0 Å². The molecule has 0 bridgehead atoms. The van der Waals surface area contributed by atoms with Crippen molar-refractivity contribution < 1.29 is 28.6 Å². The third-order valence-corrected chi connectivity index (χ3v) is 14.0. The third kappa shape index (κ3) is 62.9. The molecule has 0 saturated heterocycles. The Morgan fingerprint density at radius 2 is 0.500 bits per heavy atom. The van der Waals surface area contributed by atoms with Gasteiger partial charge in [0.1, 0.15) is 13.2 Å². The fourth-order valence-electron chi connectivity index (χ4n) is 9.17. The van der Waals surface area contributed by atoms with Crippen molar-refractivity contribution in [2.24, 2.45) is 0 Å². The number of rotatable bonds is 59. The summed E-state index contributed by atoms with van der Waals surface area (Å²) in [5.74, 6) is -0.938. The van der Waals surface area contributed by atoms with Crippen LogP contribution in [0.2, 0.25) is 0 Å². The normalized spacial score (nSPS) is 12.8. The minimum atomic E-state index is -0.802. The second kappa shape index (κ2) is 65.6. The van der Waals surface area contributed by atoms with Crippen LogP contribution in [-0.2, 0) is 28.6 Å². The molecule has 0 aliphatic rings. The summed E-state index contributed by atoms with van der Waals surface area (Å²) in [5, 5.41) is 0. The van der Waals surface area contributed by atoms with Gasteiger partial charge in [0.15, 0.2) is 6.10 Å². The molecule has 0 amide bonds. The molecule has 0 N–H and O–H groups in total. The van der Waals surface area contributed by atoms with Gasteiger partial charge in [-0.05, 0) is 103 Å². The van der Waals surface area contributed by atoms with Crippen molar-refractivity contribution in [2.45, 2.75) is 316 Å². The average Bonchev–Trinajstić information content (AvgIpc) is 3.44. The lowest BCUT2D eigenvalue weighted by Crippen LogP contribution is -2.30. The molecule has 6 nitrogen and oxygen atoms in total. The predicted octanol–water partition coefficient (Wildman–Crippen LogP) is 22.6. The standard InChI is InChI=1S/C72H122O6/c1-4-7-10-13-16-19-22-25-28-30-32-34-36-38-39-41-44-47-50-53-56-59-62-65-71(74)77-68-69(67-76-70(73)64-61-58-55-52-49-46-43-27-24-21-18-15-12-9-6-3)78-72(75)66-63-60-57-54-51-48-45-42-40-37-35-33-31-29-26-23-20-17-14-11-8-5-2/h7,9-10,12,16,18-19,21,25,27-28,32,34,38-39,43,49,52,69H,4-6,8,11,13-15,17,20,22-24,26,29-31,33,35-37,40-42,44-48,50-51,53-68H2,1-3H3/b10-7-,12-9-,19-16-,21-18-,28-25-,34-32-,39-38-,43-27-,52-49-. The molecule has 0 radical (unpaired) electrons. The van der Waals surface area contributed by atoms with E-state index in [4.69, 9.17) is 14.2 Å². The maximum Gasteiger partial charge on any atom is 0.306 e. The summed E-state index contributed by atoms with van der Waals surface area (Å²) in [7, 11) is 0. The van der Waals surface area contributed by atoms with Crippen LogP contribution in [0.15, 0.2) is 109 Å². The molecule has 0 fully saturated rings. The first-order valence-corrected chi connectivity index (χ1v) is 32.9. The number of carbonyl (C=O) groups excluding carboxylic acids is 3. The molecule has 0 heterocycles. The summed E-state index contributed by atoms with van der Waals surface area (Å²) in [4.78, 5) is 38.4. The van der Waals surface area contributed by atoms with E-state index < -0.39 is 6.10 Å². The first-order chi connectivity index (χ1) is 38.5. The molecule has 0 aliphatic carbocycles. The average molecular weight is 1080 g/mol. The van der Waals surface area contributed by atoms with Crippen LogP contribution in [0.4, 0.5) is 0 Å². The van der Waals surface area contributed by atoms with Crippen molar-refractivity contribution in [3.63, 3.8) is 0 Å². The number of unbranched alkanes of at least 4 members (excludes halogenated alkanes) is 30. The Bertz CT molecular complexity index is 1570. The van der Waals surface area contributed by atoms with E-state index in [9.17, 15) is 14.4 Å². The molecular formula is C72H122O6. The highest BCUT2D eigenvalue weighted by Crippen LogP contribution is 2.17. The first-order valence-electron chi connectivity index (χ1n) is 32.9. The minimum absolute atomic E-state index is 0.0963. The van der Waals surface area contributed by atoms with Gasteiger partial charge in [-0.2, -0.15) is 0 Å². The monoisotopic (exact) mass is 1080 g/mol. The number of allylic oxidation sites excluding steroid dienone is 18. The smallest absolute Gasteiger partial charge is 0.306 e.